The molecule has 0 radical (unpaired) electrons. The molecule has 4 rings (SSSR count). The van der Waals surface area contributed by atoms with Gasteiger partial charge in [0.05, 0.1) is 6.61 Å². The van der Waals surface area contributed by atoms with E-state index in [4.69, 9.17) is 4.74 Å². The van der Waals surface area contributed by atoms with Gasteiger partial charge in [-0.15, -0.1) is 11.3 Å². The zero-order chi connectivity index (χ0) is 18.2. The molecule has 0 N–H and O–H groups in total. The Morgan fingerprint density at radius 2 is 1.77 bits per heavy atom. The Morgan fingerprint density at radius 3 is 2.42 bits per heavy atom. The van der Waals surface area contributed by atoms with E-state index in [1.54, 1.807) is 34.5 Å². The molecule has 0 aliphatic carbocycles. The molecule has 0 unspecified atom stereocenters. The summed E-state index contributed by atoms with van der Waals surface area (Å²) in [5, 5.41) is 1.76. The van der Waals surface area contributed by atoms with Gasteiger partial charge < -0.3 is 9.64 Å². The van der Waals surface area contributed by atoms with Crippen molar-refractivity contribution in [1.82, 2.24) is 9.21 Å². The maximum absolute atomic E-state index is 13.0. The Hall–Kier alpha value is -1.74. The van der Waals surface area contributed by atoms with E-state index in [0.29, 0.717) is 48.9 Å². The molecule has 1 aromatic heterocycles. The first-order chi connectivity index (χ1) is 12.5. The summed E-state index contributed by atoms with van der Waals surface area (Å²) < 4.78 is 33.7. The minimum absolute atomic E-state index is 0.0221. The van der Waals surface area contributed by atoms with Gasteiger partial charge in [-0.1, -0.05) is 24.3 Å². The van der Waals surface area contributed by atoms with Gasteiger partial charge in [-0.25, -0.2) is 8.42 Å². The maximum atomic E-state index is 13.0. The van der Waals surface area contributed by atoms with E-state index in [1.807, 2.05) is 18.2 Å². The van der Waals surface area contributed by atoms with E-state index >= 15 is 0 Å². The Bertz CT molecular complexity index is 873. The molecular formula is C18H20N2O4S2. The van der Waals surface area contributed by atoms with Gasteiger partial charge in [-0.3, -0.25) is 4.79 Å². The summed E-state index contributed by atoms with van der Waals surface area (Å²) in [6, 6.07) is 12.5. The lowest BCUT2D eigenvalue weighted by molar-refractivity contribution is -0.0856. The molecule has 1 amide bonds. The van der Waals surface area contributed by atoms with Crippen molar-refractivity contribution < 1.29 is 17.9 Å². The average Bonchev–Trinajstić information content (AvgIpc) is 3.34. The van der Waals surface area contributed by atoms with Crippen LogP contribution in [-0.4, -0.2) is 55.5 Å². The van der Waals surface area contributed by atoms with Crippen LogP contribution in [0.2, 0.25) is 0 Å². The molecule has 0 bridgehead atoms. The summed E-state index contributed by atoms with van der Waals surface area (Å²) in [6.07, 6.45) is 0.965. The number of rotatable bonds is 3. The number of piperidine rings is 1. The van der Waals surface area contributed by atoms with Crippen molar-refractivity contribution in [1.29, 1.82) is 0 Å². The predicted molar refractivity (Wildman–Crippen MR) is 98.5 cm³/mol. The van der Waals surface area contributed by atoms with Gasteiger partial charge in [0, 0.05) is 38.0 Å². The van der Waals surface area contributed by atoms with Crippen molar-refractivity contribution in [3.8, 4) is 0 Å². The highest BCUT2D eigenvalue weighted by Crippen LogP contribution is 2.39. The summed E-state index contributed by atoms with van der Waals surface area (Å²) in [5.41, 5.74) is -0.185. The molecule has 0 atom stereocenters. The van der Waals surface area contributed by atoms with Crippen LogP contribution in [0.1, 0.15) is 23.2 Å². The second-order valence-corrected chi connectivity index (χ2v) is 9.50. The molecule has 0 saturated carbocycles. The topological polar surface area (TPSA) is 66.9 Å². The van der Waals surface area contributed by atoms with Gasteiger partial charge in [-0.05, 0) is 23.6 Å². The smallest absolute Gasteiger partial charge is 0.255 e. The fourth-order valence-corrected chi connectivity index (χ4v) is 6.50. The molecule has 2 aromatic rings. The standard InChI is InChI=1S/C18H20N2O4S2/c21-17(15-5-2-1-3-6-15)19-10-8-18(9-11-19)20(12-13-24-18)26(22,23)16-7-4-14-25-16/h1-7,14H,8-13H2. The third-order valence-corrected chi connectivity index (χ3v) is 8.33. The van der Waals surface area contributed by atoms with Gasteiger partial charge in [0.15, 0.2) is 0 Å². The fourth-order valence-electron chi connectivity index (χ4n) is 3.67. The van der Waals surface area contributed by atoms with Crippen molar-refractivity contribution in [2.45, 2.75) is 22.8 Å². The Morgan fingerprint density at radius 1 is 1.04 bits per heavy atom. The average molecular weight is 393 g/mol. The summed E-state index contributed by atoms with van der Waals surface area (Å²) in [7, 11) is -3.57. The first-order valence-corrected chi connectivity index (χ1v) is 10.9. The van der Waals surface area contributed by atoms with Crippen LogP contribution in [0.3, 0.4) is 0 Å². The number of hydrogen-bond donors (Lipinski definition) is 0. The number of thiophene rings is 1. The second kappa shape index (κ2) is 6.77. The fraction of sp³-hybridized carbons (Fsp3) is 0.389. The van der Waals surface area contributed by atoms with Crippen molar-refractivity contribution in [3.05, 3.63) is 53.4 Å². The van der Waals surface area contributed by atoms with Gasteiger partial charge in [-0.2, -0.15) is 4.31 Å². The number of benzene rings is 1. The predicted octanol–water partition coefficient (Wildman–Crippen LogP) is 2.40. The Balaban J connectivity index is 1.52. The van der Waals surface area contributed by atoms with Gasteiger partial charge in [0.2, 0.25) is 0 Å². The molecule has 2 fully saturated rings. The normalized spacial score (nSPS) is 20.5. The number of hydrogen-bond acceptors (Lipinski definition) is 5. The third-order valence-electron chi connectivity index (χ3n) is 5.01. The number of nitrogens with zero attached hydrogens (tertiary/aromatic N) is 2. The molecule has 26 heavy (non-hydrogen) atoms. The monoisotopic (exact) mass is 392 g/mol. The molecule has 1 spiro atoms. The van der Waals surface area contributed by atoms with Crippen molar-refractivity contribution in [3.63, 3.8) is 0 Å². The number of carbonyl (C=O) groups excluding carboxylic acids is 1. The van der Waals surface area contributed by atoms with Crippen LogP contribution < -0.4 is 0 Å². The lowest BCUT2D eigenvalue weighted by Crippen LogP contribution is -2.55. The third kappa shape index (κ3) is 2.96. The van der Waals surface area contributed by atoms with Crippen LogP contribution in [-0.2, 0) is 14.8 Å². The van der Waals surface area contributed by atoms with Gasteiger partial charge >= 0.3 is 0 Å². The molecule has 1 aromatic carbocycles. The van der Waals surface area contributed by atoms with Gasteiger partial charge in [0.25, 0.3) is 15.9 Å². The van der Waals surface area contributed by atoms with Crippen LogP contribution in [0, 0.1) is 0 Å². The maximum Gasteiger partial charge on any atom is 0.255 e. The highest BCUT2D eigenvalue weighted by molar-refractivity contribution is 7.91. The van der Waals surface area contributed by atoms with Gasteiger partial charge in [0.1, 0.15) is 9.93 Å². The summed E-state index contributed by atoms with van der Waals surface area (Å²) in [5.74, 6) is -0.0221. The van der Waals surface area contributed by atoms with Crippen molar-refractivity contribution in [2.75, 3.05) is 26.2 Å². The lowest BCUT2D eigenvalue weighted by atomic mass is 10.00. The molecule has 3 heterocycles. The number of amides is 1. The number of likely N-dealkylation sites (tertiary alicyclic amines) is 1. The SMILES string of the molecule is O=C(c1ccccc1)N1CCC2(CC1)OCCN2S(=O)(=O)c1cccs1. The summed E-state index contributed by atoms with van der Waals surface area (Å²) in [6.45, 7) is 1.69. The molecule has 2 saturated heterocycles. The van der Waals surface area contributed by atoms with Crippen LogP contribution in [0.15, 0.2) is 52.1 Å². The van der Waals surface area contributed by atoms with Crippen molar-refractivity contribution in [2.24, 2.45) is 0 Å². The van der Waals surface area contributed by atoms with E-state index in [2.05, 4.69) is 0 Å². The molecular weight excluding hydrogens is 372 g/mol. The summed E-state index contributed by atoms with van der Waals surface area (Å²) in [4.78, 5) is 14.4. The number of sulfonamides is 1. The summed E-state index contributed by atoms with van der Waals surface area (Å²) >= 11 is 1.22. The first kappa shape index (κ1) is 17.7. The highest BCUT2D eigenvalue weighted by Gasteiger charge is 2.51. The Kier molecular flexibility index (Phi) is 4.60. The minimum atomic E-state index is -3.57. The zero-order valence-electron chi connectivity index (χ0n) is 14.2. The van der Waals surface area contributed by atoms with Crippen LogP contribution >= 0.6 is 11.3 Å². The Labute approximate surface area is 157 Å². The molecule has 2 aliphatic rings. The number of carbonyl (C=O) groups is 1. The first-order valence-electron chi connectivity index (χ1n) is 8.58. The highest BCUT2D eigenvalue weighted by atomic mass is 32.2. The van der Waals surface area contributed by atoms with Crippen LogP contribution in [0.4, 0.5) is 0 Å². The van der Waals surface area contributed by atoms with E-state index in [1.165, 1.54) is 15.6 Å². The van der Waals surface area contributed by atoms with E-state index in [9.17, 15) is 13.2 Å². The van der Waals surface area contributed by atoms with E-state index < -0.39 is 15.7 Å². The van der Waals surface area contributed by atoms with E-state index in [-0.39, 0.29) is 5.91 Å². The van der Waals surface area contributed by atoms with Crippen LogP contribution in [0.5, 0.6) is 0 Å². The lowest BCUT2D eigenvalue weighted by Gasteiger charge is -2.42. The van der Waals surface area contributed by atoms with Crippen LogP contribution in [0.25, 0.3) is 0 Å². The zero-order valence-corrected chi connectivity index (χ0v) is 15.8. The minimum Gasteiger partial charge on any atom is -0.358 e. The number of ether oxygens (including phenoxy) is 1. The molecule has 8 heteroatoms. The van der Waals surface area contributed by atoms with E-state index in [0.717, 1.165) is 0 Å². The molecule has 138 valence electrons. The van der Waals surface area contributed by atoms with Crippen molar-refractivity contribution >= 4 is 27.3 Å². The molecule has 6 nitrogen and oxygen atoms in total. The largest absolute Gasteiger partial charge is 0.358 e. The molecule has 2 aliphatic heterocycles. The quantitative estimate of drug-likeness (QED) is 0.805. The second-order valence-electron chi connectivity index (χ2n) is 6.46.